The molecule has 1 aliphatic rings. The van der Waals surface area contributed by atoms with Crippen LogP contribution in [-0.2, 0) is 11.3 Å². The van der Waals surface area contributed by atoms with Crippen molar-refractivity contribution in [2.24, 2.45) is 5.10 Å². The number of thioether (sulfide) groups is 1. The van der Waals surface area contributed by atoms with Gasteiger partial charge in [0.2, 0.25) is 0 Å². The number of carbonyl (C=O) groups excluding carboxylic acids is 2. The number of hydrazone groups is 1. The molecule has 2 aromatic carbocycles. The molecule has 0 aliphatic carbocycles. The maximum Gasteiger partial charge on any atom is 0.573 e. The van der Waals surface area contributed by atoms with Crippen molar-refractivity contribution in [3.63, 3.8) is 0 Å². The highest BCUT2D eigenvalue weighted by Crippen LogP contribution is 2.36. The van der Waals surface area contributed by atoms with Gasteiger partial charge in [-0.3, -0.25) is 10.1 Å². The summed E-state index contributed by atoms with van der Waals surface area (Å²) in [6.45, 7) is 3.94. The summed E-state index contributed by atoms with van der Waals surface area (Å²) in [4.78, 5) is 24.2. The first kappa shape index (κ1) is 26.2. The predicted octanol–water partition coefficient (Wildman–Crippen LogP) is 6.01. The molecule has 1 N–H and O–H groups in total. The van der Waals surface area contributed by atoms with Gasteiger partial charge < -0.3 is 14.2 Å². The molecule has 0 spiro atoms. The molecule has 35 heavy (non-hydrogen) atoms. The van der Waals surface area contributed by atoms with E-state index in [1.54, 1.807) is 37.3 Å². The van der Waals surface area contributed by atoms with E-state index < -0.39 is 18.2 Å². The highest BCUT2D eigenvalue weighted by molar-refractivity contribution is 8.14. The van der Waals surface area contributed by atoms with Gasteiger partial charge in [0, 0.05) is 11.3 Å². The molecule has 2 amide bonds. The lowest BCUT2D eigenvalue weighted by molar-refractivity contribution is -0.275. The number of alkyl halides is 3. The first-order valence-electron chi connectivity index (χ1n) is 10.7. The fourth-order valence-electron chi connectivity index (χ4n) is 3.29. The van der Waals surface area contributed by atoms with E-state index in [9.17, 15) is 22.8 Å². The molecular formula is C23H24F3N3O5S. The van der Waals surface area contributed by atoms with Crippen LogP contribution in [0.25, 0.3) is 0 Å². The fourth-order valence-corrected chi connectivity index (χ4v) is 4.22. The molecule has 188 valence electrons. The Morgan fingerprint density at radius 1 is 1.14 bits per heavy atom. The quantitative estimate of drug-likeness (QED) is 0.467. The van der Waals surface area contributed by atoms with Gasteiger partial charge in [-0.1, -0.05) is 30.8 Å². The summed E-state index contributed by atoms with van der Waals surface area (Å²) in [5, 5.41) is 7.69. The number of nitrogens with zero attached hydrogens (tertiary/aromatic N) is 2. The van der Waals surface area contributed by atoms with Gasteiger partial charge in [-0.15, -0.1) is 13.2 Å². The number of anilines is 1. The van der Waals surface area contributed by atoms with Crippen molar-refractivity contribution >= 4 is 34.5 Å². The molecule has 0 aromatic heterocycles. The molecule has 3 rings (SSSR count). The topological polar surface area (TPSA) is 89.5 Å². The SMILES string of the molecule is CCOC(=O)Nc1ccc(CN2N=C(c3ccc(OC)c(OC(F)(F)F)c3)C(CC)SC2=O)cc1. The van der Waals surface area contributed by atoms with Gasteiger partial charge in [-0.05, 0) is 49.2 Å². The van der Waals surface area contributed by atoms with Crippen LogP contribution in [-0.4, -0.2) is 47.4 Å². The number of halogens is 3. The van der Waals surface area contributed by atoms with E-state index in [1.807, 2.05) is 6.92 Å². The zero-order chi connectivity index (χ0) is 25.6. The summed E-state index contributed by atoms with van der Waals surface area (Å²) in [6, 6.07) is 10.9. The summed E-state index contributed by atoms with van der Waals surface area (Å²) in [6.07, 6.45) is -4.93. The Morgan fingerprint density at radius 3 is 2.46 bits per heavy atom. The lowest BCUT2D eigenvalue weighted by Crippen LogP contribution is -2.34. The Hall–Kier alpha value is -3.41. The van der Waals surface area contributed by atoms with E-state index in [0.717, 1.165) is 17.3 Å². The maximum absolute atomic E-state index is 12.9. The smallest absolute Gasteiger partial charge is 0.493 e. The number of ether oxygens (including phenoxy) is 3. The Bertz CT molecular complexity index is 1090. The van der Waals surface area contributed by atoms with Gasteiger partial charge in [-0.25, -0.2) is 9.80 Å². The number of benzene rings is 2. The normalized spacial score (nSPS) is 15.9. The lowest BCUT2D eigenvalue weighted by atomic mass is 10.0. The summed E-state index contributed by atoms with van der Waals surface area (Å²) < 4.78 is 52.5. The molecule has 1 atom stereocenters. The zero-order valence-electron chi connectivity index (χ0n) is 19.2. The molecule has 0 fully saturated rings. The molecule has 0 bridgehead atoms. The first-order chi connectivity index (χ1) is 16.6. The third-order valence-corrected chi connectivity index (χ3v) is 6.10. The van der Waals surface area contributed by atoms with Crippen molar-refractivity contribution in [3.8, 4) is 11.5 Å². The van der Waals surface area contributed by atoms with Gasteiger partial charge in [0.05, 0.1) is 31.2 Å². The van der Waals surface area contributed by atoms with Crippen molar-refractivity contribution in [1.82, 2.24) is 5.01 Å². The minimum atomic E-state index is -4.89. The summed E-state index contributed by atoms with van der Waals surface area (Å²) >= 11 is 1.05. The lowest BCUT2D eigenvalue weighted by Gasteiger charge is -2.28. The Labute approximate surface area is 204 Å². The molecule has 2 aromatic rings. The number of nitrogens with one attached hydrogen (secondary N) is 1. The van der Waals surface area contributed by atoms with E-state index in [-0.39, 0.29) is 29.4 Å². The van der Waals surface area contributed by atoms with Crippen LogP contribution < -0.4 is 14.8 Å². The van der Waals surface area contributed by atoms with E-state index in [4.69, 9.17) is 9.47 Å². The number of methoxy groups -OCH3 is 1. The second-order valence-electron chi connectivity index (χ2n) is 7.28. The third-order valence-electron chi connectivity index (χ3n) is 4.85. The van der Waals surface area contributed by atoms with Crippen LogP contribution in [0.15, 0.2) is 47.6 Å². The largest absolute Gasteiger partial charge is 0.573 e. The van der Waals surface area contributed by atoms with Crippen LogP contribution in [0.2, 0.25) is 0 Å². The Balaban J connectivity index is 1.86. The number of hydrogen-bond donors (Lipinski definition) is 1. The fraction of sp³-hybridized carbons (Fsp3) is 0.348. The molecule has 8 nitrogen and oxygen atoms in total. The van der Waals surface area contributed by atoms with Gasteiger partial charge in [-0.2, -0.15) is 5.10 Å². The van der Waals surface area contributed by atoms with Crippen LogP contribution in [0.4, 0.5) is 28.4 Å². The average Bonchev–Trinajstić information content (AvgIpc) is 2.80. The predicted molar refractivity (Wildman–Crippen MR) is 126 cm³/mol. The summed E-state index contributed by atoms with van der Waals surface area (Å²) in [7, 11) is 1.25. The van der Waals surface area contributed by atoms with Crippen molar-refractivity contribution in [3.05, 3.63) is 53.6 Å². The zero-order valence-corrected chi connectivity index (χ0v) is 20.0. The monoisotopic (exact) mass is 511 g/mol. The number of amides is 2. The van der Waals surface area contributed by atoms with Gasteiger partial charge in [0.1, 0.15) is 0 Å². The molecular weight excluding hydrogens is 487 g/mol. The van der Waals surface area contributed by atoms with Gasteiger partial charge in [0.25, 0.3) is 0 Å². The van der Waals surface area contributed by atoms with E-state index >= 15 is 0 Å². The highest BCUT2D eigenvalue weighted by Gasteiger charge is 2.34. The van der Waals surface area contributed by atoms with Crippen LogP contribution >= 0.6 is 11.8 Å². The van der Waals surface area contributed by atoms with Crippen molar-refractivity contribution in [2.75, 3.05) is 19.0 Å². The molecule has 1 unspecified atom stereocenters. The molecule has 0 saturated heterocycles. The molecule has 0 radical (unpaired) electrons. The Kier molecular flexibility index (Phi) is 8.49. The minimum absolute atomic E-state index is 0.0763. The standard InChI is InChI=1S/C23H24F3N3O5S/c1-4-19-20(15-8-11-17(32-3)18(12-15)34-23(24,25)26)28-29(22(31)35-19)13-14-6-9-16(10-7-14)27-21(30)33-5-2/h6-12,19H,4-5,13H2,1-3H3,(H,27,30). The molecule has 12 heteroatoms. The summed E-state index contributed by atoms with van der Waals surface area (Å²) in [5.74, 6) is -0.569. The number of carbonyl (C=O) groups is 2. The van der Waals surface area contributed by atoms with Crippen molar-refractivity contribution in [2.45, 2.75) is 38.4 Å². The van der Waals surface area contributed by atoms with Crippen LogP contribution in [0, 0.1) is 0 Å². The number of rotatable bonds is 8. The maximum atomic E-state index is 12.9. The minimum Gasteiger partial charge on any atom is -0.493 e. The first-order valence-corrected chi connectivity index (χ1v) is 11.5. The van der Waals surface area contributed by atoms with E-state index in [1.165, 1.54) is 24.3 Å². The Morgan fingerprint density at radius 2 is 1.86 bits per heavy atom. The number of hydrogen-bond acceptors (Lipinski definition) is 7. The third kappa shape index (κ3) is 7.04. The highest BCUT2D eigenvalue weighted by atomic mass is 32.2. The average molecular weight is 512 g/mol. The van der Waals surface area contributed by atoms with Gasteiger partial charge in [0.15, 0.2) is 11.5 Å². The van der Waals surface area contributed by atoms with Crippen LogP contribution in [0.3, 0.4) is 0 Å². The molecule has 1 heterocycles. The van der Waals surface area contributed by atoms with Crippen molar-refractivity contribution < 1.29 is 37.0 Å². The van der Waals surface area contributed by atoms with E-state index in [2.05, 4.69) is 15.2 Å². The molecule has 1 aliphatic heterocycles. The van der Waals surface area contributed by atoms with Gasteiger partial charge >= 0.3 is 17.7 Å². The summed E-state index contributed by atoms with van der Waals surface area (Å²) in [5.41, 5.74) is 2.10. The second-order valence-corrected chi connectivity index (χ2v) is 8.43. The van der Waals surface area contributed by atoms with Crippen molar-refractivity contribution in [1.29, 1.82) is 0 Å². The molecule has 0 saturated carbocycles. The van der Waals surface area contributed by atoms with E-state index in [0.29, 0.717) is 23.4 Å². The second kappa shape index (κ2) is 11.3. The van der Waals surface area contributed by atoms with Crippen LogP contribution in [0.5, 0.6) is 11.5 Å². The van der Waals surface area contributed by atoms with Crippen LogP contribution in [0.1, 0.15) is 31.4 Å².